The summed E-state index contributed by atoms with van der Waals surface area (Å²) in [5, 5.41) is 23.6. The Bertz CT molecular complexity index is 2500. The van der Waals surface area contributed by atoms with Crippen LogP contribution in [0.25, 0.3) is 45.2 Å². The molecule has 2 aromatic carbocycles. The number of nitrogen functional groups attached to an aromatic ring is 2. The first kappa shape index (κ1) is 34.4. The van der Waals surface area contributed by atoms with Crippen LogP contribution in [0.3, 0.4) is 0 Å². The monoisotopic (exact) mass is 712 g/mol. The number of carbonyl (C=O) groups excluding carboxylic acids is 1. The van der Waals surface area contributed by atoms with E-state index in [9.17, 15) is 4.79 Å². The number of nitrogens with one attached hydrogen (secondary N) is 1. The Morgan fingerprint density at radius 2 is 1.43 bits per heavy atom. The maximum Gasteiger partial charge on any atom is 0.253 e. The SMILES string of the molecule is CC(C)N(C)C(=O)c1cccc(Cn2nnc3c(-c4ccco4)nc(N)nc32)c1.NCc1cccc(Cn2nnc3c(-c4ccn[nH]4)nc(N)nc32)c1. The number of hydrogen-bond donors (Lipinski definition) is 4. The predicted octanol–water partition coefficient (Wildman–Crippen LogP) is 3.29. The van der Waals surface area contributed by atoms with Gasteiger partial charge in [0.15, 0.2) is 28.1 Å². The first-order chi connectivity index (χ1) is 25.7. The van der Waals surface area contributed by atoms with Crippen LogP contribution < -0.4 is 17.2 Å². The third kappa shape index (κ3) is 7.24. The van der Waals surface area contributed by atoms with E-state index in [1.807, 2.05) is 56.3 Å². The summed E-state index contributed by atoms with van der Waals surface area (Å²) in [6, 6.07) is 20.9. The van der Waals surface area contributed by atoms with Gasteiger partial charge in [-0.1, -0.05) is 46.8 Å². The lowest BCUT2D eigenvalue weighted by Gasteiger charge is -2.21. The number of carbonyl (C=O) groups is 1. The van der Waals surface area contributed by atoms with E-state index in [0.29, 0.717) is 70.4 Å². The first-order valence-corrected chi connectivity index (χ1v) is 16.6. The maximum atomic E-state index is 12.6. The highest BCUT2D eigenvalue weighted by molar-refractivity contribution is 5.94. The molecule has 6 heterocycles. The van der Waals surface area contributed by atoms with Gasteiger partial charge in [-0.25, -0.2) is 19.3 Å². The number of anilines is 2. The van der Waals surface area contributed by atoms with Crippen LogP contribution in [0, 0.1) is 0 Å². The molecule has 18 nitrogen and oxygen atoms in total. The number of aromatic nitrogens is 12. The van der Waals surface area contributed by atoms with Crippen LogP contribution in [0.1, 0.15) is 40.9 Å². The zero-order valence-electron chi connectivity index (χ0n) is 29.1. The van der Waals surface area contributed by atoms with E-state index >= 15 is 0 Å². The molecule has 0 spiro atoms. The summed E-state index contributed by atoms with van der Waals surface area (Å²) in [7, 11) is 1.79. The van der Waals surface area contributed by atoms with Crippen LogP contribution in [0.15, 0.2) is 83.6 Å². The van der Waals surface area contributed by atoms with Crippen LogP contribution in [-0.2, 0) is 19.6 Å². The molecule has 0 atom stereocenters. The van der Waals surface area contributed by atoms with Gasteiger partial charge in [0.1, 0.15) is 11.4 Å². The van der Waals surface area contributed by atoms with Gasteiger partial charge in [-0.3, -0.25) is 9.89 Å². The molecule has 0 aliphatic carbocycles. The molecule has 8 rings (SSSR count). The van der Waals surface area contributed by atoms with E-state index in [1.165, 1.54) is 0 Å². The standard InChI is InChI=1S/C20H21N7O2.C15H15N9/c1-12(2)26(3)19(28)14-7-4-6-13(10-14)11-27-18-17(24-25-27)16(22-20(21)23-18)15-8-5-9-29-15;16-7-9-2-1-3-10(6-9)8-24-14-13(22-23-24)12(19-15(17)20-14)11-4-5-18-21-11/h4-10,12H,11H2,1-3H3,(H2,21,22,23);1-6H,7-8,16H2,(H,18,21)(H2,17,19,20). The third-order valence-corrected chi connectivity index (χ3v) is 8.43. The molecule has 0 fully saturated rings. The van der Waals surface area contributed by atoms with E-state index < -0.39 is 0 Å². The number of H-pyrrole nitrogens is 1. The second-order valence-corrected chi connectivity index (χ2v) is 12.4. The van der Waals surface area contributed by atoms with Crippen molar-refractivity contribution < 1.29 is 9.21 Å². The van der Waals surface area contributed by atoms with Gasteiger partial charge in [-0.15, -0.1) is 10.2 Å². The van der Waals surface area contributed by atoms with Crippen molar-refractivity contribution in [1.29, 1.82) is 0 Å². The molecular formula is C35H36N16O2. The molecule has 0 saturated carbocycles. The maximum absolute atomic E-state index is 12.6. The average Bonchev–Trinajstić information content (AvgIpc) is 4.00. The fourth-order valence-corrected chi connectivity index (χ4v) is 5.56. The number of benzene rings is 2. The molecule has 7 N–H and O–H groups in total. The Morgan fingerprint density at radius 3 is 2.04 bits per heavy atom. The smallest absolute Gasteiger partial charge is 0.253 e. The predicted molar refractivity (Wildman–Crippen MR) is 197 cm³/mol. The number of hydrogen-bond acceptors (Lipinski definition) is 14. The summed E-state index contributed by atoms with van der Waals surface area (Å²) in [4.78, 5) is 31.4. The van der Waals surface area contributed by atoms with Crippen molar-refractivity contribution >= 4 is 40.1 Å². The van der Waals surface area contributed by atoms with Gasteiger partial charge in [-0.05, 0) is 60.9 Å². The van der Waals surface area contributed by atoms with Crippen molar-refractivity contribution in [3.05, 3.63) is 101 Å². The summed E-state index contributed by atoms with van der Waals surface area (Å²) in [6.07, 6.45) is 3.20. The van der Waals surface area contributed by atoms with Crippen molar-refractivity contribution in [2.24, 2.45) is 5.73 Å². The van der Waals surface area contributed by atoms with E-state index in [2.05, 4.69) is 50.8 Å². The molecule has 18 heteroatoms. The fraction of sp³-hybridized carbons (Fsp3) is 0.200. The zero-order chi connectivity index (χ0) is 37.1. The van der Waals surface area contributed by atoms with Gasteiger partial charge in [-0.2, -0.15) is 15.1 Å². The minimum absolute atomic E-state index is 0.0306. The number of nitrogens with zero attached hydrogens (tertiary/aromatic N) is 12. The lowest BCUT2D eigenvalue weighted by molar-refractivity contribution is 0.0755. The van der Waals surface area contributed by atoms with E-state index in [0.717, 1.165) is 16.7 Å². The zero-order valence-corrected chi connectivity index (χ0v) is 29.1. The summed E-state index contributed by atoms with van der Waals surface area (Å²) in [6.45, 7) is 5.35. The van der Waals surface area contributed by atoms with Crippen LogP contribution in [0.5, 0.6) is 0 Å². The average molecular weight is 713 g/mol. The van der Waals surface area contributed by atoms with Gasteiger partial charge in [0.2, 0.25) is 11.9 Å². The summed E-state index contributed by atoms with van der Waals surface area (Å²) in [5.74, 6) is 0.777. The van der Waals surface area contributed by atoms with Gasteiger partial charge in [0, 0.05) is 31.4 Å². The van der Waals surface area contributed by atoms with Crippen LogP contribution in [0.4, 0.5) is 11.9 Å². The summed E-state index contributed by atoms with van der Waals surface area (Å²) in [5.41, 5.74) is 25.0. The normalized spacial score (nSPS) is 11.3. The van der Waals surface area contributed by atoms with Crippen molar-refractivity contribution in [2.75, 3.05) is 18.5 Å². The molecule has 0 aliphatic rings. The molecule has 6 aromatic heterocycles. The lowest BCUT2D eigenvalue weighted by Crippen LogP contribution is -2.33. The highest BCUT2D eigenvalue weighted by Crippen LogP contribution is 2.26. The summed E-state index contributed by atoms with van der Waals surface area (Å²) >= 11 is 0. The minimum atomic E-state index is -0.0306. The highest BCUT2D eigenvalue weighted by Gasteiger charge is 2.19. The van der Waals surface area contributed by atoms with Crippen molar-refractivity contribution in [2.45, 2.75) is 39.5 Å². The second kappa shape index (κ2) is 14.6. The Morgan fingerprint density at radius 1 is 0.811 bits per heavy atom. The molecule has 0 radical (unpaired) electrons. The summed E-state index contributed by atoms with van der Waals surface area (Å²) < 4.78 is 8.76. The molecule has 1 amide bonds. The molecule has 0 unspecified atom stereocenters. The largest absolute Gasteiger partial charge is 0.463 e. The van der Waals surface area contributed by atoms with Crippen molar-refractivity contribution in [1.82, 2.24) is 65.0 Å². The van der Waals surface area contributed by atoms with E-state index in [4.69, 9.17) is 21.6 Å². The number of amides is 1. The van der Waals surface area contributed by atoms with Gasteiger partial charge in [0.25, 0.3) is 5.91 Å². The molecule has 0 saturated heterocycles. The first-order valence-electron chi connectivity index (χ1n) is 16.6. The number of aromatic amines is 1. The van der Waals surface area contributed by atoms with Crippen LogP contribution >= 0.6 is 0 Å². The van der Waals surface area contributed by atoms with Crippen LogP contribution in [-0.4, -0.2) is 84.0 Å². The molecule has 8 aromatic rings. The minimum Gasteiger partial charge on any atom is -0.463 e. The molecule has 0 aliphatic heterocycles. The topological polar surface area (TPSA) is 253 Å². The van der Waals surface area contributed by atoms with Crippen molar-refractivity contribution in [3.63, 3.8) is 0 Å². The lowest BCUT2D eigenvalue weighted by atomic mass is 10.1. The molecular weight excluding hydrogens is 676 g/mol. The molecule has 53 heavy (non-hydrogen) atoms. The number of furan rings is 1. The Balaban J connectivity index is 0.000000167. The Labute approximate surface area is 302 Å². The van der Waals surface area contributed by atoms with Crippen molar-refractivity contribution in [3.8, 4) is 22.8 Å². The number of nitrogens with two attached hydrogens (primary N) is 3. The molecule has 268 valence electrons. The number of fused-ring (bicyclic) bond motifs is 2. The Kier molecular flexibility index (Phi) is 9.50. The fourth-order valence-electron chi connectivity index (χ4n) is 5.56. The van der Waals surface area contributed by atoms with Gasteiger partial charge >= 0.3 is 0 Å². The number of rotatable bonds is 9. The van der Waals surface area contributed by atoms with Gasteiger partial charge in [0.05, 0.1) is 25.0 Å². The van der Waals surface area contributed by atoms with E-state index in [1.54, 1.807) is 58.0 Å². The van der Waals surface area contributed by atoms with E-state index in [-0.39, 0.29) is 23.8 Å². The quantitative estimate of drug-likeness (QED) is 0.168. The highest BCUT2D eigenvalue weighted by atomic mass is 16.3. The van der Waals surface area contributed by atoms with Crippen LogP contribution in [0.2, 0.25) is 0 Å². The molecule has 0 bridgehead atoms. The van der Waals surface area contributed by atoms with Gasteiger partial charge < -0.3 is 26.5 Å². The Hall–Kier alpha value is -7.08. The third-order valence-electron chi connectivity index (χ3n) is 8.43. The second-order valence-electron chi connectivity index (χ2n) is 12.4.